The quantitative estimate of drug-likeness (QED) is 0.0635. The van der Waals surface area contributed by atoms with Crippen LogP contribution in [-0.4, -0.2) is 189 Å². The van der Waals surface area contributed by atoms with Crippen LogP contribution < -0.4 is 0 Å². The third kappa shape index (κ3) is 25.1. The highest BCUT2D eigenvalue weighted by Crippen LogP contribution is 2.44. The van der Waals surface area contributed by atoms with Crippen LogP contribution in [0.3, 0.4) is 0 Å². The van der Waals surface area contributed by atoms with Gasteiger partial charge in [-0.3, -0.25) is 4.79 Å². The standard InChI is InChI=1S/C46H73NO15/c1-3-4-5-14-45(48)61-38-37-60-36-35-59-34-33-58-32-31-57-30-29-56-28-27-55-26-25-54-24-23-53-22-21-52-20-19-51-18-17-50-16-15-47(2)46(49)62-39-44-42-12-8-6-10-40(42)41-11-7-9-13-43(41)44/h6-13,44H,3-5,14-39H2,1-2H3. The zero-order valence-corrected chi connectivity index (χ0v) is 37.3. The van der Waals surface area contributed by atoms with Gasteiger partial charge in [0.25, 0.3) is 0 Å². The number of unbranched alkanes of at least 4 members (excludes halogenated alkanes) is 2. The number of rotatable bonds is 42. The second kappa shape index (κ2) is 37.1. The summed E-state index contributed by atoms with van der Waals surface area (Å²) >= 11 is 0. The van der Waals surface area contributed by atoms with Gasteiger partial charge >= 0.3 is 12.1 Å². The fourth-order valence-electron chi connectivity index (χ4n) is 6.10. The van der Waals surface area contributed by atoms with Gasteiger partial charge in [0.15, 0.2) is 0 Å². The van der Waals surface area contributed by atoms with E-state index in [9.17, 15) is 9.59 Å². The predicted molar refractivity (Wildman–Crippen MR) is 232 cm³/mol. The van der Waals surface area contributed by atoms with Crippen molar-refractivity contribution in [3.8, 4) is 11.1 Å². The number of benzene rings is 2. The molecule has 0 saturated heterocycles. The van der Waals surface area contributed by atoms with Gasteiger partial charge in [-0.25, -0.2) is 4.79 Å². The molecule has 16 heteroatoms. The lowest BCUT2D eigenvalue weighted by Gasteiger charge is -2.19. The summed E-state index contributed by atoms with van der Waals surface area (Å²) in [5.41, 5.74) is 4.79. The molecule has 0 atom stereocenters. The van der Waals surface area contributed by atoms with Crippen molar-refractivity contribution in [1.29, 1.82) is 0 Å². The van der Waals surface area contributed by atoms with Gasteiger partial charge in [0.05, 0.1) is 145 Å². The Morgan fingerprint density at radius 3 is 1.16 bits per heavy atom. The van der Waals surface area contributed by atoms with E-state index in [4.69, 9.17) is 61.6 Å². The highest BCUT2D eigenvalue weighted by Gasteiger charge is 2.29. The van der Waals surface area contributed by atoms with Crippen LogP contribution in [0.2, 0.25) is 0 Å². The summed E-state index contributed by atoms with van der Waals surface area (Å²) in [6.45, 7) is 13.3. The maximum atomic E-state index is 12.6. The Bertz CT molecular complexity index is 1360. The number of carbonyl (C=O) groups excluding carboxylic acids is 2. The van der Waals surface area contributed by atoms with Crippen molar-refractivity contribution in [3.05, 3.63) is 59.7 Å². The van der Waals surface area contributed by atoms with E-state index in [-0.39, 0.29) is 24.6 Å². The lowest BCUT2D eigenvalue weighted by molar-refractivity contribution is -0.145. The smallest absolute Gasteiger partial charge is 0.409 e. The highest BCUT2D eigenvalue weighted by atomic mass is 16.6. The predicted octanol–water partition coefficient (Wildman–Crippen LogP) is 5.17. The van der Waals surface area contributed by atoms with Gasteiger partial charge in [-0.1, -0.05) is 68.3 Å². The van der Waals surface area contributed by atoms with Crippen molar-refractivity contribution >= 4 is 12.1 Å². The lowest BCUT2D eigenvalue weighted by Crippen LogP contribution is -2.32. The summed E-state index contributed by atoms with van der Waals surface area (Å²) in [6.07, 6.45) is 3.10. The average molecular weight is 880 g/mol. The number of hydrogen-bond donors (Lipinski definition) is 0. The van der Waals surface area contributed by atoms with Gasteiger partial charge in [-0.15, -0.1) is 0 Å². The number of fused-ring (bicyclic) bond motifs is 3. The Labute approximate surface area is 368 Å². The minimum Gasteiger partial charge on any atom is -0.463 e. The minimum atomic E-state index is -0.368. The van der Waals surface area contributed by atoms with Crippen molar-refractivity contribution in [2.24, 2.45) is 0 Å². The molecule has 1 aliphatic carbocycles. The molecular formula is C46H73NO15. The van der Waals surface area contributed by atoms with Crippen LogP contribution in [0.15, 0.2) is 48.5 Å². The second-order valence-electron chi connectivity index (χ2n) is 14.1. The van der Waals surface area contributed by atoms with Crippen molar-refractivity contribution in [2.45, 2.75) is 38.5 Å². The number of likely N-dealkylation sites (N-methyl/N-ethyl adjacent to an activating group) is 1. The molecule has 62 heavy (non-hydrogen) atoms. The van der Waals surface area contributed by atoms with E-state index < -0.39 is 0 Å². The van der Waals surface area contributed by atoms with Crippen LogP contribution in [0.5, 0.6) is 0 Å². The van der Waals surface area contributed by atoms with Crippen molar-refractivity contribution in [2.75, 3.05) is 172 Å². The van der Waals surface area contributed by atoms with Crippen LogP contribution in [0.1, 0.15) is 49.7 Å². The van der Waals surface area contributed by atoms with E-state index in [0.29, 0.717) is 165 Å². The summed E-state index contributed by atoms with van der Waals surface area (Å²) in [5, 5.41) is 0. The number of ether oxygens (including phenoxy) is 13. The molecule has 3 rings (SSSR count). The molecule has 0 radical (unpaired) electrons. The summed E-state index contributed by atoms with van der Waals surface area (Å²) in [4.78, 5) is 25.7. The molecule has 0 heterocycles. The average Bonchev–Trinajstić information content (AvgIpc) is 3.61. The van der Waals surface area contributed by atoms with E-state index in [2.05, 4.69) is 31.2 Å². The molecule has 0 saturated carbocycles. The molecule has 0 spiro atoms. The maximum Gasteiger partial charge on any atom is 0.409 e. The molecular weight excluding hydrogens is 806 g/mol. The Morgan fingerprint density at radius 2 is 0.790 bits per heavy atom. The molecule has 0 bridgehead atoms. The summed E-state index contributed by atoms with van der Waals surface area (Å²) in [7, 11) is 1.71. The molecule has 0 unspecified atom stereocenters. The topological polar surface area (TPSA) is 157 Å². The van der Waals surface area contributed by atoms with Gasteiger partial charge < -0.3 is 66.5 Å². The molecule has 352 valence electrons. The molecule has 1 amide bonds. The van der Waals surface area contributed by atoms with Gasteiger partial charge in [-0.05, 0) is 28.7 Å². The Balaban J connectivity index is 0.937. The zero-order valence-electron chi connectivity index (χ0n) is 37.3. The van der Waals surface area contributed by atoms with Crippen LogP contribution in [0.4, 0.5) is 4.79 Å². The fourth-order valence-corrected chi connectivity index (χ4v) is 6.10. The van der Waals surface area contributed by atoms with Gasteiger partial charge in [0, 0.05) is 25.9 Å². The molecule has 0 aliphatic heterocycles. The zero-order chi connectivity index (χ0) is 44.0. The first-order chi connectivity index (χ1) is 30.6. The van der Waals surface area contributed by atoms with E-state index in [0.717, 1.165) is 19.3 Å². The number of carbonyl (C=O) groups is 2. The fraction of sp³-hybridized carbons (Fsp3) is 0.696. The van der Waals surface area contributed by atoms with Crippen LogP contribution in [0.25, 0.3) is 11.1 Å². The van der Waals surface area contributed by atoms with Crippen molar-refractivity contribution < 1.29 is 71.2 Å². The lowest BCUT2D eigenvalue weighted by atomic mass is 9.98. The van der Waals surface area contributed by atoms with Crippen LogP contribution in [-0.2, 0) is 66.4 Å². The summed E-state index contributed by atoms with van der Waals surface area (Å²) in [5.74, 6) is -0.130. The normalized spacial score (nSPS) is 12.1. The highest BCUT2D eigenvalue weighted by molar-refractivity contribution is 5.79. The van der Waals surface area contributed by atoms with Crippen LogP contribution >= 0.6 is 0 Å². The minimum absolute atomic E-state index is 0.0341. The molecule has 1 aliphatic rings. The third-order valence-electron chi connectivity index (χ3n) is 9.41. The van der Waals surface area contributed by atoms with E-state index in [1.807, 2.05) is 24.3 Å². The molecule has 2 aromatic rings. The molecule has 0 fully saturated rings. The number of nitrogens with zero attached hydrogens (tertiary/aromatic N) is 1. The van der Waals surface area contributed by atoms with Crippen molar-refractivity contribution in [3.63, 3.8) is 0 Å². The van der Waals surface area contributed by atoms with Gasteiger partial charge in [0.1, 0.15) is 13.2 Å². The van der Waals surface area contributed by atoms with Crippen LogP contribution in [0, 0.1) is 0 Å². The molecule has 0 aromatic heterocycles. The number of amides is 1. The molecule has 0 N–H and O–H groups in total. The first kappa shape index (κ1) is 53.1. The second-order valence-corrected chi connectivity index (χ2v) is 14.1. The summed E-state index contributed by atoms with van der Waals surface area (Å²) in [6, 6.07) is 16.6. The number of hydrogen-bond acceptors (Lipinski definition) is 15. The largest absolute Gasteiger partial charge is 0.463 e. The van der Waals surface area contributed by atoms with E-state index in [1.165, 1.54) is 27.2 Å². The Morgan fingerprint density at radius 1 is 0.452 bits per heavy atom. The van der Waals surface area contributed by atoms with Gasteiger partial charge in [0.2, 0.25) is 0 Å². The maximum absolute atomic E-state index is 12.6. The summed E-state index contributed by atoms with van der Waals surface area (Å²) < 4.78 is 71.4. The monoisotopic (exact) mass is 879 g/mol. The molecule has 16 nitrogen and oxygen atoms in total. The first-order valence-electron chi connectivity index (χ1n) is 22.2. The Hall–Kier alpha value is -3.26. The van der Waals surface area contributed by atoms with Crippen molar-refractivity contribution in [1.82, 2.24) is 4.90 Å². The van der Waals surface area contributed by atoms with E-state index >= 15 is 0 Å². The SMILES string of the molecule is CCCCCC(=O)OCCOCCOCCOCCOCCOCCOCCOCCOCCOCCOCCOCCN(C)C(=O)OCC1c2ccccc2-c2ccccc21. The van der Waals surface area contributed by atoms with E-state index in [1.54, 1.807) is 7.05 Å². The first-order valence-corrected chi connectivity index (χ1v) is 22.2. The Kier molecular flexibility index (Phi) is 31.8. The molecule has 2 aromatic carbocycles. The number of esters is 1. The third-order valence-corrected chi connectivity index (χ3v) is 9.41. The van der Waals surface area contributed by atoms with Gasteiger partial charge in [-0.2, -0.15) is 0 Å².